The molecule has 0 bridgehead atoms. The van der Waals surface area contributed by atoms with Crippen molar-refractivity contribution in [3.63, 3.8) is 0 Å². The van der Waals surface area contributed by atoms with Gasteiger partial charge in [-0.15, -0.1) is 12.4 Å². The fourth-order valence-corrected chi connectivity index (χ4v) is 2.72. The van der Waals surface area contributed by atoms with Gasteiger partial charge >= 0.3 is 0 Å². The molecule has 0 amide bonds. The highest BCUT2D eigenvalue weighted by Crippen LogP contribution is 2.22. The molecule has 0 saturated heterocycles. The number of likely N-dealkylation sites (N-methyl/N-ethyl adjacent to an activating group) is 1. The third-order valence-corrected chi connectivity index (χ3v) is 4.37. The molecular formula is C15H19ClN6OS. The first-order chi connectivity index (χ1) is 11.2. The van der Waals surface area contributed by atoms with Gasteiger partial charge in [-0.25, -0.2) is 4.98 Å². The number of aromatic nitrogens is 5. The molecule has 128 valence electrons. The van der Waals surface area contributed by atoms with E-state index >= 15 is 0 Å². The summed E-state index contributed by atoms with van der Waals surface area (Å²) in [6.45, 7) is 2.08. The van der Waals surface area contributed by atoms with Crippen molar-refractivity contribution < 1.29 is 4.52 Å². The van der Waals surface area contributed by atoms with Crippen LogP contribution in [0.5, 0.6) is 0 Å². The molecule has 2 aromatic heterocycles. The first kappa shape index (κ1) is 18.4. The molecule has 7 nitrogen and oxygen atoms in total. The topological polar surface area (TPSA) is 92.5 Å². The molecule has 3 rings (SSSR count). The molecule has 9 heteroatoms. The summed E-state index contributed by atoms with van der Waals surface area (Å²) in [6, 6.07) is 8.41. The SMILES string of the molecule is CNC(C)Cc1noc(-c2ccc(CSc3ncn[nH]3)cc2)n1.Cl. The number of halogens is 1. The fraction of sp³-hybridized carbons (Fsp3) is 0.333. The average Bonchev–Trinajstić information content (AvgIpc) is 3.25. The Morgan fingerprint density at radius 1 is 1.29 bits per heavy atom. The van der Waals surface area contributed by atoms with Crippen LogP contribution in [0.4, 0.5) is 0 Å². The molecule has 2 N–H and O–H groups in total. The van der Waals surface area contributed by atoms with Crippen molar-refractivity contribution in [2.45, 2.75) is 30.3 Å². The largest absolute Gasteiger partial charge is 0.334 e. The Morgan fingerprint density at radius 3 is 2.75 bits per heavy atom. The van der Waals surface area contributed by atoms with Gasteiger partial charge in [0.25, 0.3) is 5.89 Å². The Balaban J connectivity index is 0.00000208. The molecular weight excluding hydrogens is 348 g/mol. The molecule has 0 aliphatic carbocycles. The molecule has 3 aromatic rings. The highest BCUT2D eigenvalue weighted by atomic mass is 35.5. The zero-order valence-corrected chi connectivity index (χ0v) is 15.0. The summed E-state index contributed by atoms with van der Waals surface area (Å²) >= 11 is 1.61. The molecule has 2 heterocycles. The van der Waals surface area contributed by atoms with E-state index < -0.39 is 0 Å². The molecule has 0 radical (unpaired) electrons. The van der Waals surface area contributed by atoms with E-state index in [2.05, 4.69) is 49.7 Å². The average molecular weight is 367 g/mol. The van der Waals surface area contributed by atoms with Crippen molar-refractivity contribution in [2.75, 3.05) is 7.05 Å². The molecule has 0 spiro atoms. The lowest BCUT2D eigenvalue weighted by atomic mass is 10.1. The Kier molecular flexibility index (Phi) is 6.77. The van der Waals surface area contributed by atoms with E-state index in [9.17, 15) is 0 Å². The van der Waals surface area contributed by atoms with Gasteiger partial charge in [-0.3, -0.25) is 5.10 Å². The minimum atomic E-state index is 0. The van der Waals surface area contributed by atoms with E-state index in [0.717, 1.165) is 22.9 Å². The molecule has 0 saturated carbocycles. The summed E-state index contributed by atoms with van der Waals surface area (Å²) in [5.41, 5.74) is 2.12. The first-order valence-corrected chi connectivity index (χ1v) is 8.30. The second-order valence-electron chi connectivity index (χ2n) is 5.19. The number of thioether (sulfide) groups is 1. The van der Waals surface area contributed by atoms with Crippen LogP contribution in [0.25, 0.3) is 11.5 Å². The zero-order valence-electron chi connectivity index (χ0n) is 13.4. The van der Waals surface area contributed by atoms with Gasteiger partial charge in [-0.2, -0.15) is 10.1 Å². The Bertz CT molecular complexity index is 731. The molecule has 1 atom stereocenters. The highest BCUT2D eigenvalue weighted by molar-refractivity contribution is 7.98. The number of nitrogens with one attached hydrogen (secondary N) is 2. The highest BCUT2D eigenvalue weighted by Gasteiger charge is 2.11. The van der Waals surface area contributed by atoms with Gasteiger partial charge in [-0.05, 0) is 31.7 Å². The summed E-state index contributed by atoms with van der Waals surface area (Å²) in [5.74, 6) is 2.09. The maximum Gasteiger partial charge on any atom is 0.257 e. The molecule has 0 fully saturated rings. The summed E-state index contributed by atoms with van der Waals surface area (Å²) in [5, 5.41) is 14.7. The molecule has 1 aromatic carbocycles. The van der Waals surface area contributed by atoms with E-state index in [1.807, 2.05) is 19.2 Å². The maximum atomic E-state index is 5.34. The Labute approximate surface area is 150 Å². The van der Waals surface area contributed by atoms with Gasteiger partial charge in [0.05, 0.1) is 0 Å². The second kappa shape index (κ2) is 8.81. The summed E-state index contributed by atoms with van der Waals surface area (Å²) in [7, 11) is 1.92. The number of benzene rings is 1. The lowest BCUT2D eigenvalue weighted by Crippen LogP contribution is -2.24. The van der Waals surface area contributed by atoms with Crippen molar-refractivity contribution in [2.24, 2.45) is 0 Å². The van der Waals surface area contributed by atoms with Crippen molar-refractivity contribution in [1.29, 1.82) is 0 Å². The second-order valence-corrected chi connectivity index (χ2v) is 6.15. The van der Waals surface area contributed by atoms with Crippen LogP contribution in [0.3, 0.4) is 0 Å². The van der Waals surface area contributed by atoms with Crippen LogP contribution in [-0.2, 0) is 12.2 Å². The lowest BCUT2D eigenvalue weighted by Gasteiger charge is -2.04. The maximum absolute atomic E-state index is 5.34. The van der Waals surface area contributed by atoms with E-state index in [-0.39, 0.29) is 12.4 Å². The minimum Gasteiger partial charge on any atom is -0.334 e. The van der Waals surface area contributed by atoms with Crippen LogP contribution in [0.2, 0.25) is 0 Å². The van der Waals surface area contributed by atoms with Crippen LogP contribution >= 0.6 is 24.2 Å². The smallest absolute Gasteiger partial charge is 0.257 e. The van der Waals surface area contributed by atoms with Gasteiger partial charge in [0.1, 0.15) is 6.33 Å². The van der Waals surface area contributed by atoms with Crippen molar-refractivity contribution >= 4 is 24.2 Å². The third-order valence-electron chi connectivity index (χ3n) is 3.42. The van der Waals surface area contributed by atoms with Crippen LogP contribution in [0, 0.1) is 0 Å². The fourth-order valence-electron chi connectivity index (χ4n) is 1.99. The van der Waals surface area contributed by atoms with E-state index in [0.29, 0.717) is 17.8 Å². The molecule has 24 heavy (non-hydrogen) atoms. The van der Waals surface area contributed by atoms with Gasteiger partial charge in [0.15, 0.2) is 11.0 Å². The monoisotopic (exact) mass is 366 g/mol. The number of hydrogen-bond donors (Lipinski definition) is 2. The summed E-state index contributed by atoms with van der Waals surface area (Å²) in [4.78, 5) is 8.53. The molecule has 0 aliphatic heterocycles. The number of rotatable bonds is 7. The van der Waals surface area contributed by atoms with Crippen molar-refractivity contribution in [1.82, 2.24) is 30.6 Å². The molecule has 1 unspecified atom stereocenters. The van der Waals surface area contributed by atoms with Crippen LogP contribution in [-0.4, -0.2) is 38.4 Å². The van der Waals surface area contributed by atoms with Crippen LogP contribution in [0.15, 0.2) is 40.3 Å². The number of hydrogen-bond acceptors (Lipinski definition) is 7. The van der Waals surface area contributed by atoms with E-state index in [4.69, 9.17) is 4.52 Å². The predicted octanol–water partition coefficient (Wildman–Crippen LogP) is 2.72. The summed E-state index contributed by atoms with van der Waals surface area (Å²) < 4.78 is 5.34. The Morgan fingerprint density at radius 2 is 2.08 bits per heavy atom. The van der Waals surface area contributed by atoms with Crippen LogP contribution < -0.4 is 5.32 Å². The number of aromatic amines is 1. The van der Waals surface area contributed by atoms with Gasteiger partial charge in [0, 0.05) is 23.8 Å². The third kappa shape index (κ3) is 4.80. The van der Waals surface area contributed by atoms with Crippen molar-refractivity contribution in [3.05, 3.63) is 42.0 Å². The van der Waals surface area contributed by atoms with Gasteiger partial charge in [0.2, 0.25) is 0 Å². The van der Waals surface area contributed by atoms with Crippen LogP contribution in [0.1, 0.15) is 18.3 Å². The van der Waals surface area contributed by atoms with Gasteiger partial charge < -0.3 is 9.84 Å². The lowest BCUT2D eigenvalue weighted by molar-refractivity contribution is 0.418. The quantitative estimate of drug-likeness (QED) is 0.621. The normalized spacial score (nSPS) is 11.9. The number of nitrogens with zero attached hydrogens (tertiary/aromatic N) is 4. The van der Waals surface area contributed by atoms with Crippen molar-refractivity contribution in [3.8, 4) is 11.5 Å². The number of H-pyrrole nitrogens is 1. The zero-order chi connectivity index (χ0) is 16.1. The van der Waals surface area contributed by atoms with E-state index in [1.54, 1.807) is 11.8 Å². The van der Waals surface area contributed by atoms with Gasteiger partial charge in [-0.1, -0.05) is 29.1 Å². The Hall–Kier alpha value is -1.90. The standard InChI is InChI=1S/C15H18N6OS.ClH/c1-10(16-2)7-13-19-14(22-21-13)12-5-3-11(4-6-12)8-23-15-17-9-18-20-15;/h3-6,9-10,16H,7-8H2,1-2H3,(H,17,18,20);1H. The predicted molar refractivity (Wildman–Crippen MR) is 95.2 cm³/mol. The molecule has 0 aliphatic rings. The summed E-state index contributed by atoms with van der Waals surface area (Å²) in [6.07, 6.45) is 2.25. The van der Waals surface area contributed by atoms with E-state index in [1.165, 1.54) is 11.9 Å². The minimum absolute atomic E-state index is 0. The first-order valence-electron chi connectivity index (χ1n) is 7.32.